The Morgan fingerprint density at radius 2 is 2.06 bits per heavy atom. The summed E-state index contributed by atoms with van der Waals surface area (Å²) < 4.78 is 7.62. The zero-order valence-corrected chi connectivity index (χ0v) is 20.8. The maximum absolute atomic E-state index is 13.1. The van der Waals surface area contributed by atoms with Gasteiger partial charge in [-0.05, 0) is 57.9 Å². The summed E-state index contributed by atoms with van der Waals surface area (Å²) in [6.07, 6.45) is 4.98. The van der Waals surface area contributed by atoms with Crippen molar-refractivity contribution in [1.82, 2.24) is 24.6 Å². The third-order valence-corrected chi connectivity index (χ3v) is 7.02. The molecule has 0 aliphatic carbocycles. The van der Waals surface area contributed by atoms with Gasteiger partial charge >= 0.3 is 6.09 Å². The first-order chi connectivity index (χ1) is 16.8. The number of nitrogens with zero attached hydrogens (tertiary/aromatic N) is 4. The van der Waals surface area contributed by atoms with Crippen molar-refractivity contribution < 1.29 is 14.3 Å². The molecule has 2 N–H and O–H groups in total. The number of nitrogens with one attached hydrogen (secondary N) is 2. The molecule has 1 aliphatic heterocycles. The molecule has 182 valence electrons. The first-order valence-electron chi connectivity index (χ1n) is 11.6. The highest BCUT2D eigenvalue weighted by atomic mass is 32.1. The van der Waals surface area contributed by atoms with Crippen LogP contribution in [0.4, 0.5) is 10.7 Å². The standard InChI is InChI=1S/C25H28N6O3S/c1-25(2,3)34-24(33)30-12-6-7-17(30)15-31-19-9-5-4-8-18(19)28-23(31)29-22(32)21-11-10-20(35-21)16-13-26-27-14-16/h4-5,8-11,13-14,17H,6-7,12,15H2,1-3H3,(H,26,27)(H,28,29,32). The summed E-state index contributed by atoms with van der Waals surface area (Å²) in [5.74, 6) is 0.238. The second-order valence-electron chi connectivity index (χ2n) is 9.61. The van der Waals surface area contributed by atoms with Crippen LogP contribution in [0.1, 0.15) is 43.3 Å². The van der Waals surface area contributed by atoms with Crippen molar-refractivity contribution >= 4 is 40.3 Å². The van der Waals surface area contributed by atoms with Crippen molar-refractivity contribution in [2.24, 2.45) is 0 Å². The number of hydrogen-bond acceptors (Lipinski definition) is 6. The quantitative estimate of drug-likeness (QED) is 0.401. The topological polar surface area (TPSA) is 105 Å². The van der Waals surface area contributed by atoms with Gasteiger partial charge in [0.15, 0.2) is 0 Å². The summed E-state index contributed by atoms with van der Waals surface area (Å²) in [5, 5.41) is 9.76. The number of H-pyrrole nitrogens is 1. The van der Waals surface area contributed by atoms with Crippen molar-refractivity contribution in [2.75, 3.05) is 11.9 Å². The van der Waals surface area contributed by atoms with Crippen LogP contribution in [0.3, 0.4) is 0 Å². The van der Waals surface area contributed by atoms with Gasteiger partial charge in [0.05, 0.1) is 28.1 Å². The number of carbonyl (C=O) groups is 2. The van der Waals surface area contributed by atoms with E-state index in [1.807, 2.05) is 55.7 Å². The number of ether oxygens (including phenoxy) is 1. The number of amides is 2. The summed E-state index contributed by atoms with van der Waals surface area (Å²) in [6.45, 7) is 6.78. The zero-order valence-electron chi connectivity index (χ0n) is 19.9. The van der Waals surface area contributed by atoms with Gasteiger partial charge in [0.2, 0.25) is 5.95 Å². The first-order valence-corrected chi connectivity index (χ1v) is 12.5. The molecule has 1 fully saturated rings. The molecule has 1 aromatic carbocycles. The number of benzene rings is 1. The first kappa shape index (κ1) is 23.1. The molecule has 1 saturated heterocycles. The van der Waals surface area contributed by atoms with Crippen molar-refractivity contribution in [3.63, 3.8) is 0 Å². The predicted octanol–water partition coefficient (Wildman–Crippen LogP) is 5.14. The third-order valence-electron chi connectivity index (χ3n) is 5.89. The fourth-order valence-corrected chi connectivity index (χ4v) is 5.20. The van der Waals surface area contributed by atoms with Gasteiger partial charge in [-0.15, -0.1) is 11.3 Å². The Balaban J connectivity index is 1.40. The number of carbonyl (C=O) groups excluding carboxylic acids is 2. The van der Waals surface area contributed by atoms with E-state index in [1.165, 1.54) is 11.3 Å². The molecular weight excluding hydrogens is 464 g/mol. The van der Waals surface area contributed by atoms with E-state index in [9.17, 15) is 9.59 Å². The number of hydrogen-bond donors (Lipinski definition) is 2. The SMILES string of the molecule is CC(C)(C)OC(=O)N1CCCC1Cn1c(NC(=O)c2ccc(-c3cn[nH]c3)s2)nc2ccccc21. The molecule has 0 bridgehead atoms. The molecule has 35 heavy (non-hydrogen) atoms. The number of aromatic amines is 1. The lowest BCUT2D eigenvalue weighted by Crippen LogP contribution is -2.41. The fourth-order valence-electron chi connectivity index (χ4n) is 4.32. The second kappa shape index (κ2) is 9.18. The van der Waals surface area contributed by atoms with Gasteiger partial charge < -0.3 is 14.2 Å². The Morgan fingerprint density at radius 1 is 1.23 bits per heavy atom. The number of rotatable bonds is 5. The van der Waals surface area contributed by atoms with Crippen LogP contribution in [0.5, 0.6) is 0 Å². The van der Waals surface area contributed by atoms with E-state index in [1.54, 1.807) is 23.4 Å². The Kier molecular flexibility index (Phi) is 6.06. The monoisotopic (exact) mass is 492 g/mol. The minimum atomic E-state index is -0.554. The molecule has 0 saturated carbocycles. The van der Waals surface area contributed by atoms with E-state index < -0.39 is 5.60 Å². The third kappa shape index (κ3) is 4.93. The van der Waals surface area contributed by atoms with Gasteiger partial charge in [-0.2, -0.15) is 5.10 Å². The van der Waals surface area contributed by atoms with Gasteiger partial charge in [-0.25, -0.2) is 9.78 Å². The molecule has 10 heteroatoms. The lowest BCUT2D eigenvalue weighted by molar-refractivity contribution is 0.0215. The summed E-state index contributed by atoms with van der Waals surface area (Å²) in [6, 6.07) is 11.4. The normalized spacial score (nSPS) is 16.1. The van der Waals surface area contributed by atoms with E-state index in [0.717, 1.165) is 34.3 Å². The molecule has 0 radical (unpaired) electrons. The number of thiophene rings is 1. The summed E-state index contributed by atoms with van der Waals surface area (Å²) in [4.78, 5) is 34.0. The average Bonchev–Trinajstić information content (AvgIpc) is 3.60. The Bertz CT molecular complexity index is 1350. The summed E-state index contributed by atoms with van der Waals surface area (Å²) in [5.41, 5.74) is 2.07. The summed E-state index contributed by atoms with van der Waals surface area (Å²) in [7, 11) is 0. The van der Waals surface area contributed by atoms with Crippen LogP contribution in [-0.2, 0) is 11.3 Å². The van der Waals surface area contributed by atoms with Crippen molar-refractivity contribution in [2.45, 2.75) is 51.8 Å². The van der Waals surface area contributed by atoms with Gasteiger partial charge in [-0.1, -0.05) is 12.1 Å². The molecule has 4 heterocycles. The minimum Gasteiger partial charge on any atom is -0.444 e. The zero-order chi connectivity index (χ0) is 24.6. The van der Waals surface area contributed by atoms with Crippen LogP contribution in [0.25, 0.3) is 21.5 Å². The lowest BCUT2D eigenvalue weighted by Gasteiger charge is -2.29. The summed E-state index contributed by atoms with van der Waals surface area (Å²) >= 11 is 1.39. The van der Waals surface area contributed by atoms with Gasteiger partial charge in [0.1, 0.15) is 5.60 Å². The Labute approximate surface area is 207 Å². The van der Waals surface area contributed by atoms with Crippen LogP contribution in [0, 0.1) is 0 Å². The van der Waals surface area contributed by atoms with Crippen LogP contribution < -0.4 is 5.32 Å². The molecule has 1 aliphatic rings. The Hall–Kier alpha value is -3.66. The highest BCUT2D eigenvalue weighted by molar-refractivity contribution is 7.17. The maximum atomic E-state index is 13.1. The molecule has 1 atom stereocenters. The van der Waals surface area contributed by atoms with E-state index in [0.29, 0.717) is 23.9 Å². The molecule has 0 spiro atoms. The maximum Gasteiger partial charge on any atom is 0.410 e. The highest BCUT2D eigenvalue weighted by Crippen LogP contribution is 2.29. The average molecular weight is 493 g/mol. The number of para-hydroxylation sites is 2. The van der Waals surface area contributed by atoms with Crippen LogP contribution in [0.15, 0.2) is 48.8 Å². The molecule has 3 aromatic heterocycles. The smallest absolute Gasteiger partial charge is 0.410 e. The van der Waals surface area contributed by atoms with Crippen molar-refractivity contribution in [1.29, 1.82) is 0 Å². The van der Waals surface area contributed by atoms with Crippen LogP contribution in [-0.4, -0.2) is 54.8 Å². The molecule has 9 nitrogen and oxygen atoms in total. The molecule has 4 aromatic rings. The van der Waals surface area contributed by atoms with E-state index in [4.69, 9.17) is 9.72 Å². The molecule has 2 amide bonds. The molecule has 5 rings (SSSR count). The number of anilines is 1. The molecule has 1 unspecified atom stereocenters. The van der Waals surface area contributed by atoms with E-state index >= 15 is 0 Å². The van der Waals surface area contributed by atoms with E-state index in [-0.39, 0.29) is 18.0 Å². The van der Waals surface area contributed by atoms with E-state index in [2.05, 4.69) is 15.5 Å². The predicted molar refractivity (Wildman–Crippen MR) is 136 cm³/mol. The Morgan fingerprint density at radius 3 is 2.83 bits per heavy atom. The van der Waals surface area contributed by atoms with Crippen LogP contribution in [0.2, 0.25) is 0 Å². The lowest BCUT2D eigenvalue weighted by atomic mass is 10.2. The number of aromatic nitrogens is 4. The van der Waals surface area contributed by atoms with Gasteiger partial charge in [0, 0.05) is 29.7 Å². The number of fused-ring (bicyclic) bond motifs is 1. The fraction of sp³-hybridized carbons (Fsp3) is 0.360. The molecular formula is C25H28N6O3S. The van der Waals surface area contributed by atoms with Gasteiger partial charge in [-0.3, -0.25) is 15.2 Å². The highest BCUT2D eigenvalue weighted by Gasteiger charge is 2.33. The minimum absolute atomic E-state index is 0.0486. The van der Waals surface area contributed by atoms with Crippen LogP contribution >= 0.6 is 11.3 Å². The largest absolute Gasteiger partial charge is 0.444 e. The second-order valence-corrected chi connectivity index (χ2v) is 10.7. The van der Waals surface area contributed by atoms with Crippen molar-refractivity contribution in [3.05, 3.63) is 53.7 Å². The number of imidazole rings is 1. The number of likely N-dealkylation sites (tertiary alicyclic amines) is 1. The van der Waals surface area contributed by atoms with Crippen molar-refractivity contribution in [3.8, 4) is 10.4 Å². The van der Waals surface area contributed by atoms with Gasteiger partial charge in [0.25, 0.3) is 5.91 Å².